The molecule has 0 fully saturated rings. The molecule has 0 atom stereocenters. The average molecular weight is 261 g/mol. The number of hydrogen-bond acceptors (Lipinski definition) is 1. The molecule has 0 amide bonds. The number of nitrogens with zero attached hydrogens (tertiary/aromatic N) is 1. The summed E-state index contributed by atoms with van der Waals surface area (Å²) < 4.78 is 1.09. The molecule has 1 heterocycles. The van der Waals surface area contributed by atoms with Crippen molar-refractivity contribution in [3.8, 4) is 0 Å². The van der Waals surface area contributed by atoms with E-state index < -0.39 is 0 Å². The molecule has 60 valence electrons. The summed E-state index contributed by atoms with van der Waals surface area (Å²) in [4.78, 5) is 4.30. The molecule has 1 nitrogen and oxygen atoms in total. The highest BCUT2D eigenvalue weighted by Crippen LogP contribution is 2.16. The van der Waals surface area contributed by atoms with Crippen LogP contribution >= 0.6 is 22.6 Å². The Hall–Kier alpha value is -0.120. The van der Waals surface area contributed by atoms with Gasteiger partial charge in [0.05, 0.1) is 0 Å². The number of aryl methyl sites for hydroxylation is 1. The lowest BCUT2D eigenvalue weighted by molar-refractivity contribution is 0.856. The van der Waals surface area contributed by atoms with E-state index >= 15 is 0 Å². The van der Waals surface area contributed by atoms with Gasteiger partial charge in [-0.05, 0) is 53.1 Å². The molecule has 0 aromatic carbocycles. The summed E-state index contributed by atoms with van der Waals surface area (Å²) in [6.45, 7) is 6.43. The van der Waals surface area contributed by atoms with E-state index in [-0.39, 0.29) is 0 Å². The Labute approximate surface area is 81.4 Å². The largest absolute Gasteiger partial charge is 0.247 e. The summed E-state index contributed by atoms with van der Waals surface area (Å²) in [6.07, 6.45) is 0. The van der Waals surface area contributed by atoms with Gasteiger partial charge in [-0.15, -0.1) is 0 Å². The van der Waals surface area contributed by atoms with Gasteiger partial charge < -0.3 is 0 Å². The van der Waals surface area contributed by atoms with Gasteiger partial charge in [-0.3, -0.25) is 0 Å². The van der Waals surface area contributed by atoms with Crippen molar-refractivity contribution in [1.29, 1.82) is 0 Å². The van der Waals surface area contributed by atoms with Crippen LogP contribution in [-0.4, -0.2) is 4.98 Å². The minimum Gasteiger partial charge on any atom is -0.247 e. The minimum atomic E-state index is 0.602. The third kappa shape index (κ3) is 2.43. The lowest BCUT2D eigenvalue weighted by atomic mass is 10.0. The van der Waals surface area contributed by atoms with Gasteiger partial charge in [0.15, 0.2) is 0 Å². The average Bonchev–Trinajstić information content (AvgIpc) is 1.85. The lowest BCUT2D eigenvalue weighted by Gasteiger charge is -2.05. The topological polar surface area (TPSA) is 12.9 Å². The van der Waals surface area contributed by atoms with Crippen molar-refractivity contribution in [1.82, 2.24) is 4.98 Å². The normalized spacial score (nSPS) is 10.6. The molecule has 2 heteroatoms. The van der Waals surface area contributed by atoms with Gasteiger partial charge in [0.1, 0.15) is 3.70 Å². The SMILES string of the molecule is Cc1cc(C(C)C)cc(I)n1. The molecule has 0 bridgehead atoms. The zero-order valence-electron chi connectivity index (χ0n) is 7.06. The molecule has 0 aliphatic carbocycles. The number of aromatic nitrogens is 1. The van der Waals surface area contributed by atoms with Crippen LogP contribution < -0.4 is 0 Å². The molecule has 0 N–H and O–H groups in total. The van der Waals surface area contributed by atoms with Gasteiger partial charge in [0.2, 0.25) is 0 Å². The first-order valence-electron chi connectivity index (χ1n) is 3.73. The number of hydrogen-bond donors (Lipinski definition) is 0. The van der Waals surface area contributed by atoms with Crippen LogP contribution in [-0.2, 0) is 0 Å². The summed E-state index contributed by atoms with van der Waals surface area (Å²) >= 11 is 2.25. The zero-order valence-corrected chi connectivity index (χ0v) is 9.21. The second kappa shape index (κ2) is 3.52. The summed E-state index contributed by atoms with van der Waals surface area (Å²) in [5, 5.41) is 0. The lowest BCUT2D eigenvalue weighted by Crippen LogP contribution is -1.92. The van der Waals surface area contributed by atoms with Crippen molar-refractivity contribution in [3.05, 3.63) is 27.1 Å². The first-order chi connectivity index (χ1) is 5.09. The van der Waals surface area contributed by atoms with Crippen LogP contribution in [0.2, 0.25) is 0 Å². The van der Waals surface area contributed by atoms with E-state index in [9.17, 15) is 0 Å². The van der Waals surface area contributed by atoms with E-state index in [0.717, 1.165) is 9.39 Å². The van der Waals surface area contributed by atoms with Crippen molar-refractivity contribution in [2.24, 2.45) is 0 Å². The van der Waals surface area contributed by atoms with Crippen LogP contribution in [0.25, 0.3) is 0 Å². The second-order valence-corrected chi connectivity index (χ2v) is 4.12. The smallest absolute Gasteiger partial charge is 0.101 e. The fraction of sp³-hybridized carbons (Fsp3) is 0.444. The van der Waals surface area contributed by atoms with Crippen LogP contribution in [0.3, 0.4) is 0 Å². The fourth-order valence-electron chi connectivity index (χ4n) is 0.987. The minimum absolute atomic E-state index is 0.602. The van der Waals surface area contributed by atoms with Gasteiger partial charge in [0.25, 0.3) is 0 Å². The number of rotatable bonds is 1. The molecule has 1 aromatic rings. The summed E-state index contributed by atoms with van der Waals surface area (Å²) in [5.74, 6) is 0.602. The molecule has 11 heavy (non-hydrogen) atoms. The highest BCUT2D eigenvalue weighted by atomic mass is 127. The Balaban J connectivity index is 3.08. The van der Waals surface area contributed by atoms with Crippen molar-refractivity contribution in [2.45, 2.75) is 26.7 Å². The number of halogens is 1. The molecule has 0 saturated carbocycles. The third-order valence-corrected chi connectivity index (χ3v) is 2.16. The Bertz CT molecular complexity index is 235. The van der Waals surface area contributed by atoms with E-state index in [4.69, 9.17) is 0 Å². The molecule has 0 saturated heterocycles. The Morgan fingerprint density at radius 1 is 1.36 bits per heavy atom. The number of pyridine rings is 1. The molecule has 0 unspecified atom stereocenters. The maximum absolute atomic E-state index is 4.30. The summed E-state index contributed by atoms with van der Waals surface area (Å²) in [6, 6.07) is 4.28. The second-order valence-electron chi connectivity index (χ2n) is 3.02. The van der Waals surface area contributed by atoms with Gasteiger partial charge >= 0.3 is 0 Å². The van der Waals surface area contributed by atoms with Gasteiger partial charge in [-0.25, -0.2) is 4.98 Å². The van der Waals surface area contributed by atoms with Gasteiger partial charge in [-0.2, -0.15) is 0 Å². The summed E-state index contributed by atoms with van der Waals surface area (Å²) in [7, 11) is 0. The van der Waals surface area contributed by atoms with Gasteiger partial charge in [-0.1, -0.05) is 13.8 Å². The first kappa shape index (κ1) is 8.97. The van der Waals surface area contributed by atoms with Crippen molar-refractivity contribution in [3.63, 3.8) is 0 Å². The van der Waals surface area contributed by atoms with E-state index in [2.05, 4.69) is 53.6 Å². The zero-order chi connectivity index (χ0) is 8.43. The van der Waals surface area contributed by atoms with Crippen LogP contribution in [0.1, 0.15) is 31.0 Å². The molecule has 0 aliphatic heterocycles. The Morgan fingerprint density at radius 3 is 2.45 bits per heavy atom. The molecule has 0 radical (unpaired) electrons. The predicted molar refractivity (Wildman–Crippen MR) is 55.8 cm³/mol. The molecule has 0 aliphatic rings. The van der Waals surface area contributed by atoms with Crippen LogP contribution in [0, 0.1) is 10.6 Å². The highest BCUT2D eigenvalue weighted by Gasteiger charge is 2.00. The molecule has 1 aromatic heterocycles. The van der Waals surface area contributed by atoms with Crippen LogP contribution in [0.5, 0.6) is 0 Å². The third-order valence-electron chi connectivity index (χ3n) is 1.61. The van der Waals surface area contributed by atoms with Crippen molar-refractivity contribution in [2.75, 3.05) is 0 Å². The van der Waals surface area contributed by atoms with Crippen molar-refractivity contribution >= 4 is 22.6 Å². The highest BCUT2D eigenvalue weighted by molar-refractivity contribution is 14.1. The molecular weight excluding hydrogens is 249 g/mol. The monoisotopic (exact) mass is 261 g/mol. The van der Waals surface area contributed by atoms with E-state index in [1.165, 1.54) is 5.56 Å². The van der Waals surface area contributed by atoms with Crippen LogP contribution in [0.15, 0.2) is 12.1 Å². The van der Waals surface area contributed by atoms with E-state index in [0.29, 0.717) is 5.92 Å². The maximum Gasteiger partial charge on any atom is 0.101 e. The summed E-state index contributed by atoms with van der Waals surface area (Å²) in [5.41, 5.74) is 2.49. The molecular formula is C9H12IN. The first-order valence-corrected chi connectivity index (χ1v) is 4.81. The Kier molecular flexibility index (Phi) is 2.87. The Morgan fingerprint density at radius 2 is 2.00 bits per heavy atom. The van der Waals surface area contributed by atoms with E-state index in [1.807, 2.05) is 6.92 Å². The van der Waals surface area contributed by atoms with Crippen LogP contribution in [0.4, 0.5) is 0 Å². The standard InChI is InChI=1S/C9H12IN/c1-6(2)8-4-7(3)11-9(10)5-8/h4-6H,1-3H3. The molecule has 1 rings (SSSR count). The van der Waals surface area contributed by atoms with E-state index in [1.54, 1.807) is 0 Å². The van der Waals surface area contributed by atoms with Gasteiger partial charge in [0, 0.05) is 5.69 Å². The fourth-order valence-corrected chi connectivity index (χ4v) is 1.73. The molecule has 0 spiro atoms. The maximum atomic E-state index is 4.30. The van der Waals surface area contributed by atoms with Crippen molar-refractivity contribution < 1.29 is 0 Å². The quantitative estimate of drug-likeness (QED) is 0.559. The predicted octanol–water partition coefficient (Wildman–Crippen LogP) is 3.12.